The third-order valence-electron chi connectivity index (χ3n) is 3.67. The van der Waals surface area contributed by atoms with Gasteiger partial charge in [0.15, 0.2) is 0 Å². The predicted molar refractivity (Wildman–Crippen MR) is 83.5 cm³/mol. The summed E-state index contributed by atoms with van der Waals surface area (Å²) in [6.45, 7) is 5.64. The molecule has 0 saturated carbocycles. The van der Waals surface area contributed by atoms with Crippen LogP contribution in [0.15, 0.2) is 18.2 Å². The summed E-state index contributed by atoms with van der Waals surface area (Å²) in [7, 11) is 0. The minimum Gasteiger partial charge on any atom is -0.480 e. The van der Waals surface area contributed by atoms with Crippen LogP contribution < -0.4 is 5.32 Å². The average molecular weight is 312 g/mol. The second kappa shape index (κ2) is 8.03. The molecule has 1 aromatic carbocycles. The quantitative estimate of drug-likeness (QED) is 0.812. The number of hydrogen-bond donors (Lipinski definition) is 2. The molecule has 21 heavy (non-hydrogen) atoms. The molecule has 0 aromatic heterocycles. The van der Waals surface area contributed by atoms with Gasteiger partial charge in [0.1, 0.15) is 6.04 Å². The van der Waals surface area contributed by atoms with Crippen molar-refractivity contribution in [2.45, 2.75) is 46.1 Å². The molecule has 1 aromatic rings. The zero-order valence-electron chi connectivity index (χ0n) is 12.6. The van der Waals surface area contributed by atoms with Gasteiger partial charge >= 0.3 is 5.97 Å². The number of halogens is 1. The molecular weight excluding hydrogens is 290 g/mol. The average Bonchev–Trinajstić information content (AvgIpc) is 2.44. The summed E-state index contributed by atoms with van der Waals surface area (Å²) in [6.07, 6.45) is 1.49. The van der Waals surface area contributed by atoms with E-state index in [1.807, 2.05) is 39.0 Å². The molecule has 2 atom stereocenters. The highest BCUT2D eigenvalue weighted by atomic mass is 35.5. The molecule has 0 heterocycles. The first kappa shape index (κ1) is 17.5. The zero-order valence-corrected chi connectivity index (χ0v) is 13.4. The maximum Gasteiger partial charge on any atom is 0.326 e. The molecule has 0 spiro atoms. The van der Waals surface area contributed by atoms with Crippen molar-refractivity contribution in [1.29, 1.82) is 0 Å². The van der Waals surface area contributed by atoms with Crippen molar-refractivity contribution < 1.29 is 14.7 Å². The van der Waals surface area contributed by atoms with Crippen LogP contribution in [0.4, 0.5) is 0 Å². The number of rotatable bonds is 7. The highest BCUT2D eigenvalue weighted by molar-refractivity contribution is 6.31. The van der Waals surface area contributed by atoms with E-state index in [0.29, 0.717) is 17.9 Å². The maximum atomic E-state index is 11.9. The lowest BCUT2D eigenvalue weighted by Gasteiger charge is -2.20. The van der Waals surface area contributed by atoms with Gasteiger partial charge in [0.05, 0.1) is 0 Å². The Hall–Kier alpha value is -1.55. The monoisotopic (exact) mass is 311 g/mol. The van der Waals surface area contributed by atoms with E-state index in [-0.39, 0.29) is 18.2 Å². The summed E-state index contributed by atoms with van der Waals surface area (Å²) < 4.78 is 0. The highest BCUT2D eigenvalue weighted by Crippen LogP contribution is 2.17. The third kappa shape index (κ3) is 5.38. The minimum absolute atomic E-state index is 0.0970. The second-order valence-corrected chi connectivity index (χ2v) is 5.76. The van der Waals surface area contributed by atoms with Gasteiger partial charge in [-0.05, 0) is 36.5 Å². The van der Waals surface area contributed by atoms with Gasteiger partial charge in [0.25, 0.3) is 0 Å². The van der Waals surface area contributed by atoms with Crippen LogP contribution >= 0.6 is 11.6 Å². The van der Waals surface area contributed by atoms with Gasteiger partial charge in [-0.3, -0.25) is 4.79 Å². The summed E-state index contributed by atoms with van der Waals surface area (Å²) in [6, 6.07) is 4.85. The fourth-order valence-corrected chi connectivity index (χ4v) is 2.18. The van der Waals surface area contributed by atoms with Gasteiger partial charge in [-0.2, -0.15) is 0 Å². The van der Waals surface area contributed by atoms with Crippen molar-refractivity contribution in [2.24, 2.45) is 5.92 Å². The number of amides is 1. The molecule has 2 N–H and O–H groups in total. The van der Waals surface area contributed by atoms with Gasteiger partial charge in [0, 0.05) is 11.4 Å². The Labute approximate surface area is 130 Å². The predicted octanol–water partition coefficient (Wildman–Crippen LogP) is 3.20. The maximum absolute atomic E-state index is 11.9. The number of carboxylic acids is 1. The van der Waals surface area contributed by atoms with E-state index in [2.05, 4.69) is 5.32 Å². The summed E-state index contributed by atoms with van der Waals surface area (Å²) in [5.41, 5.74) is 1.96. The Kier molecular flexibility index (Phi) is 6.69. The number of carboxylic acid groups (broad SMARTS) is 1. The third-order valence-corrected chi connectivity index (χ3v) is 4.08. The Balaban J connectivity index is 2.56. The van der Waals surface area contributed by atoms with E-state index in [4.69, 9.17) is 16.7 Å². The van der Waals surface area contributed by atoms with Gasteiger partial charge < -0.3 is 10.4 Å². The molecule has 0 fully saturated rings. The number of carbonyl (C=O) groups is 2. The molecule has 0 aliphatic rings. The standard InChI is InChI=1S/C16H22ClNO3/c1-4-10(2)15(16(20)21)18-14(19)8-7-12-6-5-11(3)13(17)9-12/h5-6,9-10,15H,4,7-8H2,1-3H3,(H,18,19)(H,20,21)/t10-,15-/m0/s1. The summed E-state index contributed by atoms with van der Waals surface area (Å²) in [4.78, 5) is 23.1. The lowest BCUT2D eigenvalue weighted by atomic mass is 9.99. The largest absolute Gasteiger partial charge is 0.480 e. The van der Waals surface area contributed by atoms with Crippen molar-refractivity contribution in [3.05, 3.63) is 34.3 Å². The van der Waals surface area contributed by atoms with Crippen molar-refractivity contribution in [3.8, 4) is 0 Å². The molecule has 0 radical (unpaired) electrons. The highest BCUT2D eigenvalue weighted by Gasteiger charge is 2.24. The molecule has 1 amide bonds. The van der Waals surface area contributed by atoms with Crippen LogP contribution in [0, 0.1) is 12.8 Å². The van der Waals surface area contributed by atoms with Crippen molar-refractivity contribution in [3.63, 3.8) is 0 Å². The summed E-state index contributed by atoms with van der Waals surface area (Å²) in [5, 5.41) is 12.4. The van der Waals surface area contributed by atoms with Crippen molar-refractivity contribution in [1.82, 2.24) is 5.32 Å². The van der Waals surface area contributed by atoms with Crippen molar-refractivity contribution >= 4 is 23.5 Å². The topological polar surface area (TPSA) is 66.4 Å². The van der Waals surface area contributed by atoms with Gasteiger partial charge in [-0.15, -0.1) is 0 Å². The molecule has 0 bridgehead atoms. The molecule has 0 aliphatic heterocycles. The first-order chi connectivity index (χ1) is 9.85. The van der Waals surface area contributed by atoms with Crippen LogP contribution in [0.1, 0.15) is 37.8 Å². The molecule has 116 valence electrons. The van der Waals surface area contributed by atoms with E-state index in [1.54, 1.807) is 0 Å². The summed E-state index contributed by atoms with van der Waals surface area (Å²) >= 11 is 6.04. The first-order valence-electron chi connectivity index (χ1n) is 7.12. The zero-order chi connectivity index (χ0) is 16.0. The number of carbonyl (C=O) groups excluding carboxylic acids is 1. The Morgan fingerprint density at radius 2 is 2.05 bits per heavy atom. The van der Waals surface area contributed by atoms with E-state index in [0.717, 1.165) is 11.1 Å². The van der Waals surface area contributed by atoms with Crippen LogP contribution in [0.3, 0.4) is 0 Å². The van der Waals surface area contributed by atoms with Gasteiger partial charge in [-0.1, -0.05) is 44.0 Å². The molecule has 0 unspecified atom stereocenters. The molecule has 1 rings (SSSR count). The lowest BCUT2D eigenvalue weighted by Crippen LogP contribution is -2.45. The minimum atomic E-state index is -0.990. The lowest BCUT2D eigenvalue weighted by molar-refractivity contribution is -0.143. The number of benzene rings is 1. The Morgan fingerprint density at radius 1 is 1.38 bits per heavy atom. The molecule has 0 aliphatic carbocycles. The second-order valence-electron chi connectivity index (χ2n) is 5.35. The van der Waals surface area contributed by atoms with Crippen LogP contribution in [-0.2, 0) is 16.0 Å². The van der Waals surface area contributed by atoms with E-state index >= 15 is 0 Å². The van der Waals surface area contributed by atoms with Gasteiger partial charge in [-0.25, -0.2) is 4.79 Å². The van der Waals surface area contributed by atoms with Crippen LogP contribution in [-0.4, -0.2) is 23.0 Å². The molecular formula is C16H22ClNO3. The molecule has 5 heteroatoms. The first-order valence-corrected chi connectivity index (χ1v) is 7.50. The Bertz CT molecular complexity index is 516. The van der Waals surface area contributed by atoms with Crippen LogP contribution in [0.2, 0.25) is 5.02 Å². The van der Waals surface area contributed by atoms with E-state index in [9.17, 15) is 9.59 Å². The number of aliphatic carboxylic acids is 1. The Morgan fingerprint density at radius 3 is 2.57 bits per heavy atom. The molecule has 0 saturated heterocycles. The fraction of sp³-hybridized carbons (Fsp3) is 0.500. The van der Waals surface area contributed by atoms with E-state index < -0.39 is 12.0 Å². The van der Waals surface area contributed by atoms with Crippen molar-refractivity contribution in [2.75, 3.05) is 0 Å². The fourth-order valence-electron chi connectivity index (χ4n) is 1.98. The number of nitrogens with one attached hydrogen (secondary N) is 1. The van der Waals surface area contributed by atoms with E-state index in [1.165, 1.54) is 0 Å². The number of hydrogen-bond acceptors (Lipinski definition) is 2. The SMILES string of the molecule is CC[C@H](C)[C@H](NC(=O)CCc1ccc(C)c(Cl)c1)C(=O)O. The summed E-state index contributed by atoms with van der Waals surface area (Å²) in [5.74, 6) is -1.34. The molecule has 4 nitrogen and oxygen atoms in total. The van der Waals surface area contributed by atoms with Crippen LogP contribution in [0.25, 0.3) is 0 Å². The smallest absolute Gasteiger partial charge is 0.326 e. The normalized spacial score (nSPS) is 13.5. The number of aryl methyl sites for hydroxylation is 2. The van der Waals surface area contributed by atoms with Gasteiger partial charge in [0.2, 0.25) is 5.91 Å². The van der Waals surface area contributed by atoms with Crippen LogP contribution in [0.5, 0.6) is 0 Å².